The van der Waals surface area contributed by atoms with E-state index in [0.29, 0.717) is 37.2 Å². The number of sulfonamides is 1. The van der Waals surface area contributed by atoms with E-state index in [-0.39, 0.29) is 10.8 Å². The minimum atomic E-state index is -4.41. The topological polar surface area (TPSA) is 78.4 Å². The lowest BCUT2D eigenvalue weighted by molar-refractivity contribution is -0.137. The molecule has 1 aromatic heterocycles. The largest absolute Gasteiger partial charge is 0.416 e. The molecule has 1 unspecified atom stereocenters. The normalized spacial score (nSPS) is 18.4. The summed E-state index contributed by atoms with van der Waals surface area (Å²) in [6.07, 6.45) is 0.583. The highest BCUT2D eigenvalue weighted by Gasteiger charge is 2.38. The molecule has 2 heterocycles. The molecule has 39 heavy (non-hydrogen) atoms. The molecule has 0 bridgehead atoms. The van der Waals surface area contributed by atoms with E-state index < -0.39 is 38.0 Å². The molecule has 0 amide bonds. The van der Waals surface area contributed by atoms with Gasteiger partial charge in [0.1, 0.15) is 22.9 Å². The van der Waals surface area contributed by atoms with Crippen LogP contribution in [0.15, 0.2) is 59.9 Å². The molecule has 210 valence electrons. The molecule has 1 aliphatic rings. The van der Waals surface area contributed by atoms with Gasteiger partial charge in [-0.05, 0) is 63.5 Å². The molecule has 0 spiro atoms. The summed E-state index contributed by atoms with van der Waals surface area (Å²) in [6.45, 7) is 0.993. The van der Waals surface area contributed by atoms with Gasteiger partial charge in [0.15, 0.2) is 0 Å². The molecule has 0 aliphatic carbocycles. The Morgan fingerprint density at radius 2 is 1.95 bits per heavy atom. The van der Waals surface area contributed by atoms with E-state index in [1.807, 2.05) is 23.9 Å². The van der Waals surface area contributed by atoms with Crippen molar-refractivity contribution in [2.24, 2.45) is 0 Å². The fourth-order valence-corrected chi connectivity index (χ4v) is 6.34. The first-order valence-electron chi connectivity index (χ1n) is 12.2. The first-order valence-corrected chi connectivity index (χ1v) is 14.0. The molecule has 7 nitrogen and oxygen atoms in total. The molecular weight excluding hydrogens is 558 g/mol. The van der Waals surface area contributed by atoms with E-state index in [0.717, 1.165) is 37.4 Å². The SMILES string of the molecule is CN(C)C1(CCc2cccc(C(F)(F)F)c2)CCCN(c2cc(F)c(S(=O)(=O)Nc3ccncn3)cc2Cl)C1. The number of aryl methyl sites for hydroxylation is 1. The predicted molar refractivity (Wildman–Crippen MR) is 142 cm³/mol. The van der Waals surface area contributed by atoms with Crippen LogP contribution in [0.4, 0.5) is 29.1 Å². The average molecular weight is 586 g/mol. The summed E-state index contributed by atoms with van der Waals surface area (Å²) in [5, 5.41) is 0.0619. The maximum Gasteiger partial charge on any atom is 0.416 e. The number of nitrogens with zero attached hydrogens (tertiary/aromatic N) is 4. The Hall–Kier alpha value is -2.96. The number of alkyl halides is 3. The highest BCUT2D eigenvalue weighted by molar-refractivity contribution is 7.92. The standard InChI is InChI=1S/C26H28ClF4N5O2S/c1-35(2)25(10-7-18-5-3-6-19(13-18)26(29,30)31)9-4-12-36(16-25)22-15-21(28)23(14-20(22)27)39(37,38)34-24-8-11-32-17-33-24/h3,5-6,8,11,13-15,17H,4,7,9-10,12,16H2,1-2H3,(H,32,33,34). The van der Waals surface area contributed by atoms with E-state index in [4.69, 9.17) is 11.6 Å². The lowest BCUT2D eigenvalue weighted by Crippen LogP contribution is -2.56. The second-order valence-corrected chi connectivity index (χ2v) is 11.8. The van der Waals surface area contributed by atoms with Crippen LogP contribution >= 0.6 is 11.6 Å². The summed E-state index contributed by atoms with van der Waals surface area (Å²) in [5.41, 5.74) is -0.181. The van der Waals surface area contributed by atoms with Gasteiger partial charge in [0.25, 0.3) is 10.0 Å². The smallest absolute Gasteiger partial charge is 0.368 e. The Morgan fingerprint density at radius 1 is 1.18 bits per heavy atom. The van der Waals surface area contributed by atoms with Crippen LogP contribution in [0.5, 0.6) is 0 Å². The molecular formula is C26H28ClF4N5O2S. The molecule has 0 saturated carbocycles. The van der Waals surface area contributed by atoms with Crippen LogP contribution in [0.3, 0.4) is 0 Å². The summed E-state index contributed by atoms with van der Waals surface area (Å²) in [4.78, 5) is 10.8. The van der Waals surface area contributed by atoms with Gasteiger partial charge >= 0.3 is 6.18 Å². The van der Waals surface area contributed by atoms with E-state index in [1.165, 1.54) is 24.4 Å². The highest BCUT2D eigenvalue weighted by Crippen LogP contribution is 2.38. The van der Waals surface area contributed by atoms with E-state index in [9.17, 15) is 21.6 Å². The molecule has 1 atom stereocenters. The van der Waals surface area contributed by atoms with Crippen LogP contribution < -0.4 is 9.62 Å². The van der Waals surface area contributed by atoms with Crippen molar-refractivity contribution >= 4 is 33.1 Å². The molecule has 4 rings (SSSR count). The second kappa shape index (κ2) is 11.3. The number of likely N-dealkylation sites (N-methyl/N-ethyl adjacent to an activating group) is 1. The minimum absolute atomic E-state index is 0.0165. The molecule has 1 fully saturated rings. The van der Waals surface area contributed by atoms with Crippen LogP contribution in [0, 0.1) is 5.82 Å². The highest BCUT2D eigenvalue weighted by atomic mass is 35.5. The number of hydrogen-bond donors (Lipinski definition) is 1. The number of aromatic nitrogens is 2. The van der Waals surface area contributed by atoms with Gasteiger partial charge in [-0.25, -0.2) is 22.8 Å². The van der Waals surface area contributed by atoms with Crippen molar-refractivity contribution in [1.29, 1.82) is 0 Å². The Morgan fingerprint density at radius 3 is 2.62 bits per heavy atom. The van der Waals surface area contributed by atoms with Gasteiger partial charge in [-0.2, -0.15) is 13.2 Å². The molecule has 0 radical (unpaired) electrons. The fourth-order valence-electron chi connectivity index (χ4n) is 4.90. The summed E-state index contributed by atoms with van der Waals surface area (Å²) in [6, 6.07) is 8.83. The maximum absolute atomic E-state index is 15.2. The second-order valence-electron chi connectivity index (χ2n) is 9.78. The van der Waals surface area contributed by atoms with E-state index in [1.54, 1.807) is 6.07 Å². The Balaban J connectivity index is 1.56. The minimum Gasteiger partial charge on any atom is -0.368 e. The van der Waals surface area contributed by atoms with Crippen LogP contribution in [0.2, 0.25) is 5.02 Å². The zero-order valence-corrected chi connectivity index (χ0v) is 22.9. The molecule has 13 heteroatoms. The van der Waals surface area contributed by atoms with E-state index >= 15 is 4.39 Å². The quantitative estimate of drug-likeness (QED) is 0.346. The fraction of sp³-hybridized carbons (Fsp3) is 0.385. The van der Waals surface area contributed by atoms with Crippen LogP contribution in [0.1, 0.15) is 30.4 Å². The molecule has 3 aromatic rings. The van der Waals surface area contributed by atoms with Crippen molar-refractivity contribution in [3.63, 3.8) is 0 Å². The van der Waals surface area contributed by atoms with Crippen molar-refractivity contribution < 1.29 is 26.0 Å². The van der Waals surface area contributed by atoms with Gasteiger partial charge in [-0.1, -0.05) is 29.8 Å². The van der Waals surface area contributed by atoms with Gasteiger partial charge in [0, 0.05) is 30.9 Å². The molecule has 1 saturated heterocycles. The van der Waals surface area contributed by atoms with Crippen molar-refractivity contribution in [3.8, 4) is 0 Å². The Bertz CT molecular complexity index is 1420. The lowest BCUT2D eigenvalue weighted by Gasteiger charge is -2.48. The maximum atomic E-state index is 15.2. The monoisotopic (exact) mass is 585 g/mol. The number of hydrogen-bond acceptors (Lipinski definition) is 6. The third-order valence-corrected chi connectivity index (χ3v) is 8.76. The summed E-state index contributed by atoms with van der Waals surface area (Å²) in [7, 11) is -0.492. The lowest BCUT2D eigenvalue weighted by atomic mass is 9.82. The molecule has 1 aliphatic heterocycles. The van der Waals surface area contributed by atoms with Crippen LogP contribution in [-0.2, 0) is 22.6 Å². The summed E-state index contributed by atoms with van der Waals surface area (Å²) >= 11 is 6.50. The zero-order chi connectivity index (χ0) is 28.4. The predicted octanol–water partition coefficient (Wildman–Crippen LogP) is 5.62. The van der Waals surface area contributed by atoms with Gasteiger partial charge in [-0.3, -0.25) is 4.72 Å². The van der Waals surface area contributed by atoms with Crippen molar-refractivity contribution in [1.82, 2.24) is 14.9 Å². The van der Waals surface area contributed by atoms with E-state index in [2.05, 4.69) is 14.7 Å². The number of piperidine rings is 1. The van der Waals surface area contributed by atoms with Crippen molar-refractivity contribution in [2.45, 2.75) is 42.3 Å². The summed E-state index contributed by atoms with van der Waals surface area (Å²) < 4.78 is 82.6. The van der Waals surface area contributed by atoms with Crippen LogP contribution in [0.25, 0.3) is 0 Å². The molecule has 1 N–H and O–H groups in total. The zero-order valence-electron chi connectivity index (χ0n) is 21.3. The van der Waals surface area contributed by atoms with Gasteiger partial charge in [0.05, 0.1) is 16.3 Å². The van der Waals surface area contributed by atoms with Crippen molar-refractivity contribution in [3.05, 3.63) is 77.0 Å². The number of nitrogens with one attached hydrogen (secondary N) is 1. The first kappa shape index (κ1) is 29.0. The average Bonchev–Trinajstić information content (AvgIpc) is 2.88. The summed E-state index contributed by atoms with van der Waals surface area (Å²) in [5.74, 6) is -0.988. The number of halogens is 5. The Kier molecular flexibility index (Phi) is 8.38. The van der Waals surface area contributed by atoms with Gasteiger partial charge in [-0.15, -0.1) is 0 Å². The third-order valence-electron chi connectivity index (χ3n) is 7.09. The number of rotatable bonds is 8. The van der Waals surface area contributed by atoms with Gasteiger partial charge in [0.2, 0.25) is 0 Å². The third kappa shape index (κ3) is 6.62. The Labute approximate surface area is 229 Å². The van der Waals surface area contributed by atoms with Crippen LogP contribution in [-0.4, -0.2) is 56.0 Å². The number of benzene rings is 2. The number of anilines is 2. The van der Waals surface area contributed by atoms with Gasteiger partial charge < -0.3 is 9.80 Å². The first-order chi connectivity index (χ1) is 18.3. The molecule has 2 aromatic carbocycles. The van der Waals surface area contributed by atoms with Crippen molar-refractivity contribution in [2.75, 3.05) is 36.8 Å².